The largest absolute Gasteiger partial charge is 0.476 e. The van der Waals surface area contributed by atoms with Crippen LogP contribution in [0.4, 0.5) is 5.95 Å². The van der Waals surface area contributed by atoms with Crippen molar-refractivity contribution < 1.29 is 27.8 Å². The fourth-order valence-electron chi connectivity index (χ4n) is 4.20. The molecule has 0 aliphatic heterocycles. The van der Waals surface area contributed by atoms with Crippen LogP contribution in [0.15, 0.2) is 35.4 Å². The van der Waals surface area contributed by atoms with E-state index in [0.717, 1.165) is 39.6 Å². The second kappa shape index (κ2) is 13.8. The number of nitrogens with zero attached hydrogens (tertiary/aromatic N) is 4. The van der Waals surface area contributed by atoms with Crippen LogP contribution in [0.25, 0.3) is 11.3 Å². The first-order valence-electron chi connectivity index (χ1n) is 13.5. The van der Waals surface area contributed by atoms with Gasteiger partial charge in [0.05, 0.1) is 12.3 Å². The molecule has 3 rings (SSSR count). The molecular weight excluding hydrogens is 580 g/mol. The Morgan fingerprint density at radius 3 is 2.38 bits per heavy atom. The van der Waals surface area contributed by atoms with Gasteiger partial charge in [-0.25, -0.2) is 29.2 Å². The molecule has 12 nitrogen and oxygen atoms in total. The molecule has 0 spiro atoms. The fourth-order valence-corrected chi connectivity index (χ4v) is 5.89. The number of aromatic nitrogens is 4. The normalized spacial score (nSPS) is 13.3. The zero-order chi connectivity index (χ0) is 31.2. The molecule has 3 aromatic rings. The summed E-state index contributed by atoms with van der Waals surface area (Å²) in [6.07, 6.45) is 7.14. The van der Waals surface area contributed by atoms with Crippen molar-refractivity contribution in [3.8, 4) is 17.1 Å². The van der Waals surface area contributed by atoms with Gasteiger partial charge in [-0.1, -0.05) is 32.0 Å². The van der Waals surface area contributed by atoms with Gasteiger partial charge in [-0.05, 0) is 56.1 Å². The highest BCUT2D eigenvalue weighted by Crippen LogP contribution is 2.33. The Balaban J connectivity index is 1.98. The molecule has 1 aromatic carbocycles. The average Bonchev–Trinajstić information content (AvgIpc) is 3.30. The number of nitrogens with two attached hydrogens (primary N) is 1. The van der Waals surface area contributed by atoms with Crippen molar-refractivity contribution in [1.82, 2.24) is 19.7 Å². The summed E-state index contributed by atoms with van der Waals surface area (Å²) in [6.45, 7) is 8.29. The first-order chi connectivity index (χ1) is 19.6. The molecule has 0 radical (unpaired) electrons. The highest BCUT2D eigenvalue weighted by atomic mass is 32.3. The number of nitrogens with one attached hydrogen (secondary N) is 1. The molecule has 0 aliphatic carbocycles. The molecule has 2 heterocycles. The summed E-state index contributed by atoms with van der Waals surface area (Å²) in [5, 5.41) is 13.0. The molecule has 1 atom stereocenters. The minimum absolute atomic E-state index is 0.146. The van der Waals surface area contributed by atoms with Crippen LogP contribution in [-0.4, -0.2) is 83.0 Å². The Morgan fingerprint density at radius 2 is 1.79 bits per heavy atom. The molecule has 0 fully saturated rings. The molecule has 0 aliphatic rings. The summed E-state index contributed by atoms with van der Waals surface area (Å²) in [7, 11) is -5.23. The van der Waals surface area contributed by atoms with Gasteiger partial charge in [-0.2, -0.15) is 18.5 Å². The van der Waals surface area contributed by atoms with Gasteiger partial charge in [0, 0.05) is 29.5 Å². The van der Waals surface area contributed by atoms with Gasteiger partial charge in [0.25, 0.3) is 10.0 Å². The number of aryl methyl sites for hydroxylation is 2. The minimum Gasteiger partial charge on any atom is -0.476 e. The second-order valence-corrected chi connectivity index (χ2v) is 17.7. The molecule has 232 valence electrons. The number of hydrogen-bond donors (Lipinski definition) is 3. The Bertz CT molecular complexity index is 1480. The van der Waals surface area contributed by atoms with Crippen molar-refractivity contribution >= 4 is 32.0 Å². The van der Waals surface area contributed by atoms with E-state index in [-0.39, 0.29) is 31.2 Å². The Labute approximate surface area is 249 Å². The third kappa shape index (κ3) is 9.41. The fraction of sp³-hybridized carbons (Fsp3) is 0.500. The van der Waals surface area contributed by atoms with Crippen molar-refractivity contribution in [2.24, 2.45) is 11.7 Å². The summed E-state index contributed by atoms with van der Waals surface area (Å²) in [4.78, 5) is 20.4. The van der Waals surface area contributed by atoms with E-state index in [1.54, 1.807) is 6.07 Å². The summed E-state index contributed by atoms with van der Waals surface area (Å²) >= 11 is 0. The average molecular weight is 623 g/mol. The predicted molar refractivity (Wildman–Crippen MR) is 166 cm³/mol. The van der Waals surface area contributed by atoms with Crippen LogP contribution < -0.4 is 15.2 Å². The maximum Gasteiger partial charge on any atom is 0.356 e. The van der Waals surface area contributed by atoms with Crippen LogP contribution in [0, 0.1) is 19.8 Å². The number of ether oxygens (including phenoxy) is 2. The molecule has 14 heteroatoms. The van der Waals surface area contributed by atoms with Crippen molar-refractivity contribution in [3.05, 3.63) is 47.2 Å². The summed E-state index contributed by atoms with van der Waals surface area (Å²) in [6, 6.07) is 8.16. The molecule has 0 bridgehead atoms. The molecule has 0 amide bonds. The van der Waals surface area contributed by atoms with Gasteiger partial charge >= 0.3 is 5.97 Å². The van der Waals surface area contributed by atoms with Gasteiger partial charge in [-0.15, -0.1) is 0 Å². The number of sulfonamides is 1. The SMILES string of the molecule is Cc1cccc(C)c1-c1cc(OC[C@H](N)CC(C)C)nc(NS(=O)(=O)c2cc(C(=O)O)nn2COCCS(C)(C)C)n1. The molecule has 4 N–H and O–H groups in total. The lowest BCUT2D eigenvalue weighted by Gasteiger charge is -2.24. The summed E-state index contributed by atoms with van der Waals surface area (Å²) in [5.74, 6) is -0.299. The minimum atomic E-state index is -4.40. The molecule has 2 aromatic heterocycles. The zero-order valence-electron chi connectivity index (χ0n) is 25.2. The third-order valence-corrected chi connectivity index (χ3v) is 8.90. The van der Waals surface area contributed by atoms with Crippen LogP contribution in [0.3, 0.4) is 0 Å². The van der Waals surface area contributed by atoms with Crippen LogP contribution in [0.2, 0.25) is 0 Å². The quantitative estimate of drug-likeness (QED) is 0.211. The van der Waals surface area contributed by atoms with Crippen molar-refractivity contribution in [2.45, 2.75) is 51.9 Å². The van der Waals surface area contributed by atoms with Crippen molar-refractivity contribution in [3.63, 3.8) is 0 Å². The number of carbonyl (C=O) groups is 1. The van der Waals surface area contributed by atoms with E-state index >= 15 is 0 Å². The molecule has 0 unspecified atom stereocenters. The first-order valence-corrected chi connectivity index (χ1v) is 18.0. The number of aromatic carboxylic acids is 1. The van der Waals surface area contributed by atoms with E-state index in [4.69, 9.17) is 15.2 Å². The van der Waals surface area contributed by atoms with Gasteiger partial charge in [0.1, 0.15) is 13.3 Å². The number of carboxylic acid groups (broad SMARTS) is 1. The number of carboxylic acids is 1. The lowest BCUT2D eigenvalue weighted by atomic mass is 10.00. The Hall–Kier alpha value is -3.20. The van der Waals surface area contributed by atoms with Crippen molar-refractivity contribution in [1.29, 1.82) is 0 Å². The lowest BCUT2D eigenvalue weighted by molar-refractivity contribution is 0.0664. The van der Waals surface area contributed by atoms with E-state index in [2.05, 4.69) is 52.4 Å². The Morgan fingerprint density at radius 1 is 1.12 bits per heavy atom. The van der Waals surface area contributed by atoms with Crippen LogP contribution in [-0.2, 0) is 21.5 Å². The highest BCUT2D eigenvalue weighted by molar-refractivity contribution is 8.32. The number of rotatable bonds is 15. The third-order valence-electron chi connectivity index (χ3n) is 6.18. The molecule has 0 saturated heterocycles. The zero-order valence-corrected chi connectivity index (χ0v) is 26.9. The van der Waals surface area contributed by atoms with E-state index in [1.165, 1.54) is 0 Å². The van der Waals surface area contributed by atoms with Gasteiger partial charge in [-0.3, -0.25) is 0 Å². The van der Waals surface area contributed by atoms with Gasteiger partial charge < -0.3 is 20.3 Å². The van der Waals surface area contributed by atoms with Crippen LogP contribution >= 0.6 is 10.0 Å². The molecular formula is C28H42N6O6S2. The second-order valence-electron chi connectivity index (χ2n) is 11.5. The topological polar surface area (TPSA) is 172 Å². The van der Waals surface area contributed by atoms with E-state index in [1.807, 2.05) is 32.0 Å². The van der Waals surface area contributed by atoms with Gasteiger partial charge in [0.2, 0.25) is 11.8 Å². The first kappa shape index (κ1) is 33.3. The van der Waals surface area contributed by atoms with E-state index in [9.17, 15) is 18.3 Å². The maximum absolute atomic E-state index is 13.6. The lowest BCUT2D eigenvalue weighted by Crippen LogP contribution is -2.29. The van der Waals surface area contributed by atoms with Crippen LogP contribution in [0.5, 0.6) is 5.88 Å². The van der Waals surface area contributed by atoms with Gasteiger partial charge in [0.15, 0.2) is 10.7 Å². The van der Waals surface area contributed by atoms with Crippen molar-refractivity contribution in [2.75, 3.05) is 42.5 Å². The van der Waals surface area contributed by atoms with E-state index < -0.39 is 36.7 Å². The number of anilines is 1. The summed E-state index contributed by atoms with van der Waals surface area (Å²) in [5.41, 5.74) is 8.90. The smallest absolute Gasteiger partial charge is 0.356 e. The number of hydrogen-bond acceptors (Lipinski definition) is 9. The monoisotopic (exact) mass is 622 g/mol. The molecule has 42 heavy (non-hydrogen) atoms. The van der Waals surface area contributed by atoms with Crippen LogP contribution in [0.1, 0.15) is 41.9 Å². The summed E-state index contributed by atoms with van der Waals surface area (Å²) < 4.78 is 42.1. The highest BCUT2D eigenvalue weighted by Gasteiger charge is 2.26. The van der Waals surface area contributed by atoms with E-state index in [0.29, 0.717) is 18.2 Å². The maximum atomic E-state index is 13.6. The Kier molecular flexibility index (Phi) is 11.0. The predicted octanol–water partition coefficient (Wildman–Crippen LogP) is 3.88. The number of benzene rings is 1. The standard InChI is InChI=1S/C28H42N6O6S2/c1-18(2)13-21(29)16-40-24-14-22(26-19(3)9-8-10-20(26)4)30-28(31-24)33-42(37,38)25-15-23(27(35)36)32-34(25)17-39-11-12-41(5,6)7/h8-10,14-15,18,21H,11-13,16-17,29H2,1-7H3,(H,35,36)(H,30,31,33)/t21-/m1/s1. The molecule has 0 saturated carbocycles.